The summed E-state index contributed by atoms with van der Waals surface area (Å²) in [5.74, 6) is -3.43. The SMILES string of the molecule is C=CCc1cc([N+](=O)[O-])cc(F)c1O.O=[N+]([O-])c1cc(F)c(O)c(CC(O)CO)c1.[O]=[Os](=[O])(=[O])=[O]. The fourth-order valence-corrected chi connectivity index (χ4v) is 2.28. The molecule has 2 aromatic rings. The minimum atomic E-state index is -6.06. The number of phenolic OH excluding ortho intramolecular Hbond substituents is 2. The van der Waals surface area contributed by atoms with Crippen molar-refractivity contribution in [3.05, 3.63) is 79.9 Å². The fraction of sp³-hybridized carbons (Fsp3) is 0.222. The van der Waals surface area contributed by atoms with Crippen LogP contribution in [0.5, 0.6) is 11.5 Å². The summed E-state index contributed by atoms with van der Waals surface area (Å²) in [7, 11) is 0. The van der Waals surface area contributed by atoms with E-state index < -0.39 is 66.2 Å². The van der Waals surface area contributed by atoms with Crippen molar-refractivity contribution in [2.45, 2.75) is 18.9 Å². The zero-order valence-electron chi connectivity index (χ0n) is 17.4. The number of hydrogen-bond acceptors (Lipinski definition) is 12. The van der Waals surface area contributed by atoms with Gasteiger partial charge in [-0.15, -0.1) is 6.58 Å². The Morgan fingerprint density at radius 2 is 1.29 bits per heavy atom. The number of nitro groups is 2. The summed E-state index contributed by atoms with van der Waals surface area (Å²) in [4.78, 5) is 19.2. The molecule has 2 rings (SSSR count). The van der Waals surface area contributed by atoms with Crippen molar-refractivity contribution in [1.29, 1.82) is 0 Å². The zero-order chi connectivity index (χ0) is 27.5. The molecule has 0 radical (unpaired) electrons. The van der Waals surface area contributed by atoms with E-state index in [0.717, 1.165) is 12.1 Å². The molecule has 0 saturated carbocycles. The van der Waals surface area contributed by atoms with E-state index in [1.807, 2.05) is 0 Å². The molecule has 0 fully saturated rings. The van der Waals surface area contributed by atoms with Crippen LogP contribution in [-0.4, -0.2) is 43.0 Å². The van der Waals surface area contributed by atoms with Crippen molar-refractivity contribution < 1.29 is 68.1 Å². The van der Waals surface area contributed by atoms with Crippen molar-refractivity contribution in [1.82, 2.24) is 0 Å². The molecule has 14 nitrogen and oxygen atoms in total. The van der Waals surface area contributed by atoms with Crippen molar-refractivity contribution >= 4 is 11.4 Å². The second-order valence-corrected chi connectivity index (χ2v) is 8.81. The molecule has 0 bridgehead atoms. The summed E-state index contributed by atoms with van der Waals surface area (Å²) in [6, 6.07) is 3.35. The topological polar surface area (TPSA) is 235 Å². The molecule has 0 spiro atoms. The Labute approximate surface area is 196 Å². The van der Waals surface area contributed by atoms with Crippen LogP contribution in [0.2, 0.25) is 0 Å². The summed E-state index contributed by atoms with van der Waals surface area (Å²) >= 11 is -6.06. The van der Waals surface area contributed by atoms with Gasteiger partial charge >= 0.3 is 29.0 Å². The predicted molar refractivity (Wildman–Crippen MR) is 103 cm³/mol. The molecule has 0 aliphatic carbocycles. The Hall–Kier alpha value is -3.80. The van der Waals surface area contributed by atoms with Crippen LogP contribution in [0.1, 0.15) is 11.1 Å². The second kappa shape index (κ2) is 13.8. The summed E-state index contributed by atoms with van der Waals surface area (Å²) in [5.41, 5.74) is -0.854. The van der Waals surface area contributed by atoms with Crippen molar-refractivity contribution in [3.8, 4) is 11.5 Å². The van der Waals surface area contributed by atoms with Gasteiger partial charge in [-0.25, -0.2) is 8.78 Å². The van der Waals surface area contributed by atoms with Gasteiger partial charge in [0.25, 0.3) is 11.4 Å². The minimum absolute atomic E-state index is 0.117. The van der Waals surface area contributed by atoms with E-state index in [0.29, 0.717) is 12.1 Å². The summed E-state index contributed by atoms with van der Waals surface area (Å²) < 4.78 is 60.5. The Kier molecular flexibility index (Phi) is 12.3. The van der Waals surface area contributed by atoms with Gasteiger partial charge in [-0.1, -0.05) is 6.08 Å². The van der Waals surface area contributed by atoms with E-state index in [4.69, 9.17) is 24.4 Å². The first-order chi connectivity index (χ1) is 16.0. The standard InChI is InChI=1S/C9H10FNO5.C9H8FNO3.4O.Os/c10-8-3-6(11(15)16)1-5(9(8)14)2-7(13)4-12;1-2-3-6-4-7(11(13)14)5-8(10)9(6)12;;;;;/h1,3,7,12-14H,2,4H2;2,4-5,12H,1,3H2;;;;;. The number of rotatable bonds is 7. The number of allylic oxidation sites excluding steroid dienone is 1. The number of nitrogens with zero attached hydrogens (tertiary/aromatic N) is 2. The molecule has 4 N–H and O–H groups in total. The number of phenols is 2. The molecule has 1 atom stereocenters. The first-order valence-electron chi connectivity index (χ1n) is 8.80. The maximum absolute atomic E-state index is 13.1. The monoisotopic (exact) mass is 684 g/mol. The first-order valence-corrected chi connectivity index (χ1v) is 13.0. The van der Waals surface area contributed by atoms with Crippen molar-refractivity contribution in [3.63, 3.8) is 0 Å². The predicted octanol–water partition coefficient (Wildman–Crippen LogP) is 2.03. The van der Waals surface area contributed by atoms with Crippen LogP contribution in [0.4, 0.5) is 20.2 Å². The molecule has 2 aromatic carbocycles. The first kappa shape index (κ1) is 31.2. The summed E-state index contributed by atoms with van der Waals surface area (Å²) in [6.07, 6.45) is 0.149. The van der Waals surface area contributed by atoms with E-state index in [-0.39, 0.29) is 29.7 Å². The summed E-state index contributed by atoms with van der Waals surface area (Å²) in [5, 5.41) is 56.9. The molecule has 1 unspecified atom stereocenters. The number of halogens is 2. The third-order valence-electron chi connectivity index (χ3n) is 3.71. The van der Waals surface area contributed by atoms with Gasteiger partial charge in [0.15, 0.2) is 23.1 Å². The van der Waals surface area contributed by atoms with Gasteiger partial charge < -0.3 is 20.4 Å². The molecule has 0 aliphatic rings. The van der Waals surface area contributed by atoms with E-state index in [1.165, 1.54) is 6.08 Å². The normalized spacial score (nSPS) is 11.2. The molecular weight excluding hydrogens is 664 g/mol. The van der Waals surface area contributed by atoms with Gasteiger partial charge in [-0.3, -0.25) is 20.2 Å². The Morgan fingerprint density at radius 3 is 1.63 bits per heavy atom. The molecule has 0 saturated heterocycles. The molecular formula is C18H18F2N2O12Os. The number of aromatic hydroxyl groups is 2. The van der Waals surface area contributed by atoms with Gasteiger partial charge in [0, 0.05) is 29.7 Å². The van der Waals surface area contributed by atoms with E-state index >= 15 is 0 Å². The van der Waals surface area contributed by atoms with Crippen LogP contribution >= 0.6 is 0 Å². The zero-order valence-corrected chi connectivity index (χ0v) is 19.9. The van der Waals surface area contributed by atoms with Crippen molar-refractivity contribution in [2.75, 3.05) is 6.61 Å². The number of aliphatic hydroxyl groups is 2. The van der Waals surface area contributed by atoms with Crippen LogP contribution in [0, 0.1) is 31.9 Å². The molecule has 0 amide bonds. The number of aliphatic hydroxyl groups excluding tert-OH is 2. The van der Waals surface area contributed by atoms with Crippen LogP contribution in [0.15, 0.2) is 36.9 Å². The van der Waals surface area contributed by atoms with Gasteiger partial charge in [0.05, 0.1) is 34.7 Å². The number of benzene rings is 2. The average Bonchev–Trinajstić information content (AvgIpc) is 2.73. The van der Waals surface area contributed by atoms with E-state index in [1.54, 1.807) is 0 Å². The molecule has 0 heterocycles. The number of hydrogen-bond donors (Lipinski definition) is 4. The van der Waals surface area contributed by atoms with E-state index in [9.17, 15) is 39.2 Å². The van der Waals surface area contributed by atoms with Gasteiger partial charge in [0.1, 0.15) is 0 Å². The molecule has 17 heteroatoms. The Bertz CT molecular complexity index is 1290. The van der Waals surface area contributed by atoms with Gasteiger partial charge in [0.2, 0.25) is 0 Å². The van der Waals surface area contributed by atoms with Crippen LogP contribution in [-0.2, 0) is 41.8 Å². The average molecular weight is 683 g/mol. The number of non-ortho nitro benzene ring substituents is 2. The van der Waals surface area contributed by atoms with Gasteiger partial charge in [-0.2, -0.15) is 0 Å². The fourth-order valence-electron chi connectivity index (χ4n) is 2.28. The van der Waals surface area contributed by atoms with Crippen LogP contribution < -0.4 is 0 Å². The van der Waals surface area contributed by atoms with Gasteiger partial charge in [-0.05, 0) is 6.42 Å². The maximum atomic E-state index is 13.1. The quantitative estimate of drug-likeness (QED) is 0.187. The molecule has 35 heavy (non-hydrogen) atoms. The molecule has 0 aromatic heterocycles. The molecule has 194 valence electrons. The van der Waals surface area contributed by atoms with E-state index in [2.05, 4.69) is 6.58 Å². The van der Waals surface area contributed by atoms with Crippen LogP contribution in [0.3, 0.4) is 0 Å². The van der Waals surface area contributed by atoms with Crippen molar-refractivity contribution in [2.24, 2.45) is 0 Å². The second-order valence-electron chi connectivity index (χ2n) is 6.27. The third-order valence-corrected chi connectivity index (χ3v) is 3.71. The third kappa shape index (κ3) is 11.8. The molecule has 0 aliphatic heterocycles. The van der Waals surface area contributed by atoms with Crippen LogP contribution in [0.25, 0.3) is 0 Å². The Morgan fingerprint density at radius 1 is 0.914 bits per heavy atom. The summed E-state index contributed by atoms with van der Waals surface area (Å²) in [6.45, 7) is 2.82. The number of nitro benzene ring substituents is 2. The Balaban J connectivity index is 0.000000558.